The second-order valence-electron chi connectivity index (χ2n) is 8.39. The molecule has 0 saturated carbocycles. The van der Waals surface area contributed by atoms with Crippen molar-refractivity contribution in [2.45, 2.75) is 19.0 Å². The van der Waals surface area contributed by atoms with Crippen molar-refractivity contribution in [1.29, 1.82) is 0 Å². The summed E-state index contributed by atoms with van der Waals surface area (Å²) < 4.78 is 26.0. The molecule has 0 radical (unpaired) electrons. The van der Waals surface area contributed by atoms with Crippen molar-refractivity contribution in [2.24, 2.45) is 0 Å². The number of ether oxygens (including phenoxy) is 1. The second kappa shape index (κ2) is 10.3. The van der Waals surface area contributed by atoms with E-state index in [0.717, 1.165) is 16.9 Å². The largest absolute Gasteiger partial charge is 0.495 e. The van der Waals surface area contributed by atoms with Crippen LogP contribution < -0.4 is 20.3 Å². The van der Waals surface area contributed by atoms with Crippen LogP contribution in [0.2, 0.25) is 0 Å². The third-order valence-electron chi connectivity index (χ3n) is 5.98. The Kier molecular flexibility index (Phi) is 6.94. The quantitative estimate of drug-likeness (QED) is 0.256. The molecule has 1 aliphatic heterocycles. The number of hydrogen-bond donors (Lipinski definition) is 2. The van der Waals surface area contributed by atoms with E-state index in [-0.39, 0.29) is 17.8 Å². The summed E-state index contributed by atoms with van der Waals surface area (Å²) in [5, 5.41) is 6.67. The van der Waals surface area contributed by atoms with Crippen LogP contribution in [0.5, 0.6) is 5.75 Å². The van der Waals surface area contributed by atoms with Gasteiger partial charge in [-0.25, -0.2) is 4.39 Å². The first-order chi connectivity index (χ1) is 17.9. The predicted octanol–water partition coefficient (Wildman–Crippen LogP) is 6.39. The van der Waals surface area contributed by atoms with Crippen molar-refractivity contribution in [3.05, 3.63) is 94.7 Å². The summed E-state index contributed by atoms with van der Waals surface area (Å²) in [7, 11) is 1.54. The third-order valence-corrected chi connectivity index (χ3v) is 6.96. The predicted molar refractivity (Wildman–Crippen MR) is 147 cm³/mol. The molecule has 0 bridgehead atoms. The molecule has 0 spiro atoms. The number of thiocarbonyl (C=S) groups is 1. The highest BCUT2D eigenvalue weighted by atomic mass is 79.9. The third kappa shape index (κ3) is 4.94. The van der Waals surface area contributed by atoms with Gasteiger partial charge in [-0.15, -0.1) is 0 Å². The Morgan fingerprint density at radius 2 is 2.03 bits per heavy atom. The molecular weight excluding hydrogens is 559 g/mol. The Morgan fingerprint density at radius 3 is 2.73 bits per heavy atom. The van der Waals surface area contributed by atoms with Crippen LogP contribution in [0.4, 0.5) is 15.8 Å². The van der Waals surface area contributed by atoms with Crippen LogP contribution in [0.15, 0.2) is 81.8 Å². The molecule has 1 aliphatic rings. The van der Waals surface area contributed by atoms with Gasteiger partial charge in [0.1, 0.15) is 29.1 Å². The number of nitrogens with one attached hydrogen (secondary N) is 2. The van der Waals surface area contributed by atoms with Gasteiger partial charge in [0.15, 0.2) is 5.11 Å². The summed E-state index contributed by atoms with van der Waals surface area (Å²) in [6, 6.07) is 18.6. The molecule has 1 saturated heterocycles. The molecule has 0 unspecified atom stereocenters. The number of halogens is 2. The maximum atomic E-state index is 13.7. The minimum absolute atomic E-state index is 0.221. The van der Waals surface area contributed by atoms with Crippen LogP contribution in [0.3, 0.4) is 0 Å². The standard InChI is InChI=1S/C27H22BrFN4O3S/c1-15(34)31-21-14-17(7-9-23(21)35-2)33-26(25(32-27(33)37)20-5-3-4-12-30-20)24-11-10-22(36-24)18-8-6-16(29)13-19(18)28/h3-14,25-26H,1-2H3,(H,31,34)(H,32,37)/t25-,26-/m0/s1. The molecule has 5 rings (SSSR count). The number of rotatable bonds is 6. The first-order valence-electron chi connectivity index (χ1n) is 11.4. The van der Waals surface area contributed by atoms with E-state index in [1.807, 2.05) is 47.4 Å². The summed E-state index contributed by atoms with van der Waals surface area (Å²) in [5.41, 5.74) is 2.76. The molecule has 0 aliphatic carbocycles. The van der Waals surface area contributed by atoms with Crippen molar-refractivity contribution < 1.29 is 18.3 Å². The average molecular weight is 581 g/mol. The Hall–Kier alpha value is -3.76. The number of aromatic nitrogens is 1. The van der Waals surface area contributed by atoms with Gasteiger partial charge in [0.05, 0.1) is 24.5 Å². The van der Waals surface area contributed by atoms with Crippen LogP contribution in [-0.4, -0.2) is 23.1 Å². The number of carbonyl (C=O) groups excluding carboxylic acids is 1. The van der Waals surface area contributed by atoms with Crippen molar-refractivity contribution in [3.63, 3.8) is 0 Å². The minimum Gasteiger partial charge on any atom is -0.495 e. The number of carbonyl (C=O) groups is 1. The first-order valence-corrected chi connectivity index (χ1v) is 12.6. The highest BCUT2D eigenvalue weighted by Crippen LogP contribution is 2.44. The number of benzene rings is 2. The number of amides is 1. The van der Waals surface area contributed by atoms with E-state index in [4.69, 9.17) is 21.4 Å². The van der Waals surface area contributed by atoms with E-state index in [2.05, 4.69) is 31.5 Å². The average Bonchev–Trinajstić information content (AvgIpc) is 3.48. The van der Waals surface area contributed by atoms with Gasteiger partial charge in [0.25, 0.3) is 0 Å². The fourth-order valence-electron chi connectivity index (χ4n) is 4.40. The van der Waals surface area contributed by atoms with Crippen LogP contribution in [-0.2, 0) is 4.79 Å². The SMILES string of the molecule is COc1ccc(N2C(=S)N[C@@H](c3ccccn3)[C@@H]2c2ccc(-c3ccc(F)cc3Br)o2)cc1NC(C)=O. The van der Waals surface area contributed by atoms with Crippen LogP contribution >= 0.6 is 28.1 Å². The summed E-state index contributed by atoms with van der Waals surface area (Å²) in [6.45, 7) is 1.44. The highest BCUT2D eigenvalue weighted by molar-refractivity contribution is 9.10. The van der Waals surface area contributed by atoms with E-state index in [1.54, 1.807) is 25.4 Å². The molecule has 2 N–H and O–H groups in total. The Labute approximate surface area is 226 Å². The lowest BCUT2D eigenvalue weighted by Crippen LogP contribution is -2.29. The first kappa shape index (κ1) is 24.9. The van der Waals surface area contributed by atoms with E-state index in [0.29, 0.717) is 32.5 Å². The molecule has 7 nitrogen and oxygen atoms in total. The molecule has 1 fully saturated rings. The normalized spacial score (nSPS) is 17.0. The summed E-state index contributed by atoms with van der Waals surface area (Å²) in [4.78, 5) is 18.3. The number of furan rings is 1. The highest BCUT2D eigenvalue weighted by Gasteiger charge is 2.42. The summed E-state index contributed by atoms with van der Waals surface area (Å²) in [5.74, 6) is 1.17. The lowest BCUT2D eigenvalue weighted by Gasteiger charge is -2.27. The van der Waals surface area contributed by atoms with Gasteiger partial charge in [0, 0.05) is 28.8 Å². The molecule has 3 heterocycles. The van der Waals surface area contributed by atoms with Crippen molar-refractivity contribution >= 4 is 50.5 Å². The van der Waals surface area contributed by atoms with Crippen molar-refractivity contribution in [2.75, 3.05) is 17.3 Å². The molecule has 2 atom stereocenters. The van der Waals surface area contributed by atoms with Gasteiger partial charge in [-0.05, 0) is 88.8 Å². The number of anilines is 2. The Balaban J connectivity index is 1.61. The maximum absolute atomic E-state index is 13.7. The summed E-state index contributed by atoms with van der Waals surface area (Å²) in [6.07, 6.45) is 1.73. The van der Waals surface area contributed by atoms with Gasteiger partial charge < -0.3 is 24.7 Å². The molecule has 188 valence electrons. The Morgan fingerprint density at radius 1 is 1.19 bits per heavy atom. The molecule has 4 aromatic rings. The van der Waals surface area contributed by atoms with Crippen molar-refractivity contribution in [3.8, 4) is 17.1 Å². The molecule has 2 aromatic carbocycles. The minimum atomic E-state index is -0.408. The van der Waals surface area contributed by atoms with Crippen LogP contribution in [0.1, 0.15) is 30.5 Å². The zero-order chi connectivity index (χ0) is 26.1. The number of hydrogen-bond acceptors (Lipinski definition) is 5. The zero-order valence-corrected chi connectivity index (χ0v) is 22.3. The topological polar surface area (TPSA) is 79.6 Å². The lowest BCUT2D eigenvalue weighted by atomic mass is 10.0. The number of pyridine rings is 1. The van der Waals surface area contributed by atoms with Gasteiger partial charge in [-0.2, -0.15) is 0 Å². The van der Waals surface area contributed by atoms with E-state index < -0.39 is 6.04 Å². The van der Waals surface area contributed by atoms with Gasteiger partial charge in [-0.1, -0.05) is 6.07 Å². The van der Waals surface area contributed by atoms with Gasteiger partial charge >= 0.3 is 0 Å². The maximum Gasteiger partial charge on any atom is 0.221 e. The lowest BCUT2D eigenvalue weighted by molar-refractivity contribution is -0.114. The fourth-order valence-corrected chi connectivity index (χ4v) is 5.29. The molecular formula is C27H22BrFN4O3S. The van der Waals surface area contributed by atoms with Crippen LogP contribution in [0, 0.1) is 5.82 Å². The van der Waals surface area contributed by atoms with E-state index in [9.17, 15) is 9.18 Å². The number of methoxy groups -OCH3 is 1. The second-order valence-corrected chi connectivity index (χ2v) is 9.63. The molecule has 2 aromatic heterocycles. The molecule has 1 amide bonds. The van der Waals surface area contributed by atoms with Gasteiger partial charge in [0.2, 0.25) is 5.91 Å². The monoisotopic (exact) mass is 580 g/mol. The molecule has 10 heteroatoms. The molecule has 37 heavy (non-hydrogen) atoms. The van der Waals surface area contributed by atoms with E-state index in [1.165, 1.54) is 19.1 Å². The van der Waals surface area contributed by atoms with E-state index >= 15 is 0 Å². The summed E-state index contributed by atoms with van der Waals surface area (Å²) >= 11 is 9.21. The smallest absolute Gasteiger partial charge is 0.221 e. The number of nitrogens with zero attached hydrogens (tertiary/aromatic N) is 2. The van der Waals surface area contributed by atoms with Gasteiger partial charge in [-0.3, -0.25) is 9.78 Å². The zero-order valence-electron chi connectivity index (χ0n) is 19.9. The Bertz CT molecular complexity index is 1480. The van der Waals surface area contributed by atoms with Crippen LogP contribution in [0.25, 0.3) is 11.3 Å². The fraction of sp³-hybridized carbons (Fsp3) is 0.148. The van der Waals surface area contributed by atoms with Crippen molar-refractivity contribution in [1.82, 2.24) is 10.3 Å².